The van der Waals surface area contributed by atoms with Gasteiger partial charge in [0.1, 0.15) is 5.75 Å². The van der Waals surface area contributed by atoms with E-state index in [0.29, 0.717) is 13.0 Å². The average Bonchev–Trinajstić information content (AvgIpc) is 2.14. The molecule has 0 saturated heterocycles. The van der Waals surface area contributed by atoms with Crippen LogP contribution in [-0.4, -0.2) is 12.4 Å². The van der Waals surface area contributed by atoms with E-state index in [0.717, 1.165) is 22.4 Å². The van der Waals surface area contributed by atoms with Crippen molar-refractivity contribution in [3.63, 3.8) is 0 Å². The van der Waals surface area contributed by atoms with Crippen molar-refractivity contribution in [3.05, 3.63) is 28.3 Å². The van der Waals surface area contributed by atoms with Crippen LogP contribution in [0, 0.1) is 20.8 Å². The highest BCUT2D eigenvalue weighted by Crippen LogP contribution is 2.33. The minimum atomic E-state index is 0.215. The summed E-state index contributed by atoms with van der Waals surface area (Å²) >= 11 is 0. The van der Waals surface area contributed by atoms with E-state index >= 15 is 0 Å². The molecule has 0 saturated carbocycles. The van der Waals surface area contributed by atoms with Gasteiger partial charge in [0.15, 0.2) is 5.78 Å². The molecule has 0 radical (unpaired) electrons. The summed E-state index contributed by atoms with van der Waals surface area (Å²) in [6.45, 7) is 6.55. The van der Waals surface area contributed by atoms with Crippen molar-refractivity contribution in [3.8, 4) is 5.75 Å². The first kappa shape index (κ1) is 9.25. The second-order valence-electron chi connectivity index (χ2n) is 3.86. The van der Waals surface area contributed by atoms with Crippen LogP contribution in [0.1, 0.15) is 33.5 Å². The van der Waals surface area contributed by atoms with Gasteiger partial charge in [-0.2, -0.15) is 0 Å². The van der Waals surface area contributed by atoms with Crippen LogP contribution in [0.5, 0.6) is 5.75 Å². The van der Waals surface area contributed by atoms with Crippen LogP contribution in [0.4, 0.5) is 0 Å². The number of hydrogen-bond acceptors (Lipinski definition) is 2. The van der Waals surface area contributed by atoms with Crippen LogP contribution >= 0.6 is 0 Å². The zero-order valence-electron chi connectivity index (χ0n) is 8.81. The maximum Gasteiger partial charge on any atom is 0.170 e. The van der Waals surface area contributed by atoms with Gasteiger partial charge in [0.05, 0.1) is 12.2 Å². The smallest absolute Gasteiger partial charge is 0.170 e. The summed E-state index contributed by atoms with van der Waals surface area (Å²) in [6.07, 6.45) is 0.510. The van der Waals surface area contributed by atoms with Crippen LogP contribution < -0.4 is 4.74 Å². The predicted octanol–water partition coefficient (Wildman–Crippen LogP) is 2.58. The fraction of sp³-hybridized carbons (Fsp3) is 0.417. The second-order valence-corrected chi connectivity index (χ2v) is 3.86. The molecular formula is C12H14O2. The fourth-order valence-electron chi connectivity index (χ4n) is 1.95. The van der Waals surface area contributed by atoms with Gasteiger partial charge >= 0.3 is 0 Å². The molecule has 1 aliphatic heterocycles. The molecule has 0 amide bonds. The van der Waals surface area contributed by atoms with Crippen LogP contribution in [0.3, 0.4) is 0 Å². The molecule has 1 aliphatic rings. The summed E-state index contributed by atoms with van der Waals surface area (Å²) in [5.74, 6) is 1.02. The monoisotopic (exact) mass is 190 g/mol. The van der Waals surface area contributed by atoms with E-state index in [-0.39, 0.29) is 5.78 Å². The van der Waals surface area contributed by atoms with E-state index in [4.69, 9.17) is 4.74 Å². The molecule has 0 N–H and O–H groups in total. The molecule has 0 atom stereocenters. The van der Waals surface area contributed by atoms with E-state index in [1.165, 1.54) is 5.56 Å². The van der Waals surface area contributed by atoms with E-state index in [1.54, 1.807) is 0 Å². The third-order valence-corrected chi connectivity index (χ3v) is 2.84. The minimum Gasteiger partial charge on any atom is -0.492 e. The number of Topliss-reactive ketones (excluding diaryl/α,β-unsaturated/α-hetero) is 1. The minimum absolute atomic E-state index is 0.215. The zero-order valence-corrected chi connectivity index (χ0v) is 8.81. The Morgan fingerprint density at radius 2 is 1.93 bits per heavy atom. The quantitative estimate of drug-likeness (QED) is 0.628. The summed E-state index contributed by atoms with van der Waals surface area (Å²) in [4.78, 5) is 11.7. The Balaban J connectivity index is 2.72. The van der Waals surface area contributed by atoms with Crippen molar-refractivity contribution in [1.29, 1.82) is 0 Å². The zero-order chi connectivity index (χ0) is 10.3. The van der Waals surface area contributed by atoms with E-state index < -0.39 is 0 Å². The summed E-state index contributed by atoms with van der Waals surface area (Å²) < 4.78 is 5.57. The molecule has 0 aliphatic carbocycles. The molecule has 1 aromatic rings. The number of ether oxygens (including phenoxy) is 1. The summed E-state index contributed by atoms with van der Waals surface area (Å²) in [5, 5.41) is 0. The fourth-order valence-corrected chi connectivity index (χ4v) is 1.95. The van der Waals surface area contributed by atoms with Crippen molar-refractivity contribution in [2.24, 2.45) is 0 Å². The molecule has 1 heterocycles. The molecule has 0 spiro atoms. The first-order valence-electron chi connectivity index (χ1n) is 4.88. The third kappa shape index (κ3) is 1.22. The number of rotatable bonds is 0. The lowest BCUT2D eigenvalue weighted by molar-refractivity contribution is 0.0932. The lowest BCUT2D eigenvalue weighted by atomic mass is 9.94. The first-order chi connectivity index (χ1) is 6.61. The molecule has 2 heteroatoms. The normalized spacial score (nSPS) is 14.9. The predicted molar refractivity (Wildman–Crippen MR) is 55.1 cm³/mol. The van der Waals surface area contributed by atoms with E-state index in [1.807, 2.05) is 20.8 Å². The average molecular weight is 190 g/mol. The number of aryl methyl sites for hydroxylation is 2. The Hall–Kier alpha value is -1.31. The van der Waals surface area contributed by atoms with Crippen LogP contribution in [0.15, 0.2) is 6.07 Å². The van der Waals surface area contributed by atoms with Crippen LogP contribution in [0.25, 0.3) is 0 Å². The van der Waals surface area contributed by atoms with Gasteiger partial charge in [-0.05, 0) is 37.5 Å². The Morgan fingerprint density at radius 3 is 2.64 bits per heavy atom. The van der Waals surface area contributed by atoms with Gasteiger partial charge in [-0.3, -0.25) is 4.79 Å². The Morgan fingerprint density at radius 1 is 1.21 bits per heavy atom. The van der Waals surface area contributed by atoms with Crippen molar-refractivity contribution >= 4 is 5.78 Å². The lowest BCUT2D eigenvalue weighted by Gasteiger charge is -2.21. The number of ketones is 1. The number of benzene rings is 1. The van der Waals surface area contributed by atoms with Gasteiger partial charge in [-0.15, -0.1) is 0 Å². The van der Waals surface area contributed by atoms with Crippen molar-refractivity contribution in [2.45, 2.75) is 27.2 Å². The molecule has 2 rings (SSSR count). The standard InChI is InChI=1S/C12H14O2/c1-7-6-8(2)11-10(13)4-5-14-12(11)9(7)3/h6H,4-5H2,1-3H3. The van der Waals surface area contributed by atoms with Gasteiger partial charge in [0.2, 0.25) is 0 Å². The molecule has 0 aromatic heterocycles. The number of hydrogen-bond donors (Lipinski definition) is 0. The molecule has 74 valence electrons. The van der Waals surface area contributed by atoms with Crippen LogP contribution in [0.2, 0.25) is 0 Å². The van der Waals surface area contributed by atoms with Gasteiger partial charge in [-0.1, -0.05) is 6.07 Å². The van der Waals surface area contributed by atoms with E-state index in [2.05, 4.69) is 6.07 Å². The largest absolute Gasteiger partial charge is 0.492 e. The maximum atomic E-state index is 11.7. The highest BCUT2D eigenvalue weighted by atomic mass is 16.5. The number of carbonyl (C=O) groups excluding carboxylic acids is 1. The molecule has 14 heavy (non-hydrogen) atoms. The van der Waals surface area contributed by atoms with Crippen LogP contribution in [-0.2, 0) is 0 Å². The molecule has 0 bridgehead atoms. The van der Waals surface area contributed by atoms with Crippen molar-refractivity contribution in [1.82, 2.24) is 0 Å². The molecule has 1 aromatic carbocycles. The third-order valence-electron chi connectivity index (χ3n) is 2.84. The highest BCUT2D eigenvalue weighted by Gasteiger charge is 2.23. The maximum absolute atomic E-state index is 11.7. The van der Waals surface area contributed by atoms with Crippen molar-refractivity contribution in [2.75, 3.05) is 6.61 Å². The molecular weight excluding hydrogens is 176 g/mol. The van der Waals surface area contributed by atoms with Gasteiger partial charge < -0.3 is 4.74 Å². The van der Waals surface area contributed by atoms with Crippen molar-refractivity contribution < 1.29 is 9.53 Å². The molecule has 0 unspecified atom stereocenters. The Bertz CT molecular complexity index is 405. The second kappa shape index (κ2) is 3.12. The summed E-state index contributed by atoms with van der Waals surface area (Å²) in [6, 6.07) is 2.06. The van der Waals surface area contributed by atoms with E-state index in [9.17, 15) is 4.79 Å². The van der Waals surface area contributed by atoms with Gasteiger partial charge in [0.25, 0.3) is 0 Å². The number of carbonyl (C=O) groups is 1. The topological polar surface area (TPSA) is 26.3 Å². The Kier molecular flexibility index (Phi) is 2.06. The Labute approximate surface area is 83.9 Å². The highest BCUT2D eigenvalue weighted by molar-refractivity contribution is 6.01. The molecule has 0 fully saturated rings. The SMILES string of the molecule is Cc1cc(C)c2c(c1C)OCCC2=O. The lowest BCUT2D eigenvalue weighted by Crippen LogP contribution is -2.18. The summed E-state index contributed by atoms with van der Waals surface area (Å²) in [5.41, 5.74) is 4.11. The van der Waals surface area contributed by atoms with Gasteiger partial charge in [-0.25, -0.2) is 0 Å². The number of fused-ring (bicyclic) bond motifs is 1. The van der Waals surface area contributed by atoms with Gasteiger partial charge in [0, 0.05) is 6.42 Å². The first-order valence-corrected chi connectivity index (χ1v) is 4.88. The molecule has 2 nitrogen and oxygen atoms in total. The summed E-state index contributed by atoms with van der Waals surface area (Å²) in [7, 11) is 0.